The molecule has 6 heteroatoms. The van der Waals surface area contributed by atoms with Crippen molar-refractivity contribution in [2.75, 3.05) is 7.11 Å². The molecule has 6 nitrogen and oxygen atoms in total. The Morgan fingerprint density at radius 3 is 2.28 bits per heavy atom. The van der Waals surface area contributed by atoms with E-state index >= 15 is 0 Å². The first-order valence-corrected chi connectivity index (χ1v) is 5.34. The van der Waals surface area contributed by atoms with Crippen LogP contribution in [0, 0.1) is 10.1 Å². The van der Waals surface area contributed by atoms with Gasteiger partial charge in [-0.05, 0) is 5.56 Å². The minimum atomic E-state index is -0.957. The summed E-state index contributed by atoms with van der Waals surface area (Å²) < 4.78 is 4.71. The molecule has 18 heavy (non-hydrogen) atoms. The number of Topliss-reactive ketones (excluding diaryl/α,β-unsaturated/α-hetero) is 1. The van der Waals surface area contributed by atoms with Crippen LogP contribution < -0.4 is 0 Å². The molecule has 0 amide bonds. The van der Waals surface area contributed by atoms with Crippen molar-refractivity contribution in [2.24, 2.45) is 0 Å². The van der Waals surface area contributed by atoms with E-state index in [1.165, 1.54) is 31.4 Å². The van der Waals surface area contributed by atoms with Crippen LogP contribution in [0.1, 0.15) is 18.4 Å². The van der Waals surface area contributed by atoms with Gasteiger partial charge in [-0.2, -0.15) is 0 Å². The standard InChI is InChI=1S/C12H11NO5/c1-18-11(15)12(6-10(14)7-12)8-2-4-9(5-3-8)13(16)17/h2-5H,6-7H2,1H3. The maximum absolute atomic E-state index is 11.8. The number of esters is 1. The van der Waals surface area contributed by atoms with Crippen molar-refractivity contribution >= 4 is 17.4 Å². The number of nitrogens with zero attached hydrogens (tertiary/aromatic N) is 1. The van der Waals surface area contributed by atoms with Gasteiger partial charge in [0.1, 0.15) is 11.2 Å². The van der Waals surface area contributed by atoms with Crippen molar-refractivity contribution < 1.29 is 19.2 Å². The predicted molar refractivity (Wildman–Crippen MR) is 61.0 cm³/mol. The van der Waals surface area contributed by atoms with Crippen LogP contribution in [0.3, 0.4) is 0 Å². The molecule has 0 unspecified atom stereocenters. The Hall–Kier alpha value is -2.24. The molecular formula is C12H11NO5. The van der Waals surface area contributed by atoms with Crippen molar-refractivity contribution in [3.63, 3.8) is 0 Å². The summed E-state index contributed by atoms with van der Waals surface area (Å²) in [5, 5.41) is 10.5. The number of carbonyl (C=O) groups is 2. The van der Waals surface area contributed by atoms with Crippen LogP contribution in [0.5, 0.6) is 0 Å². The smallest absolute Gasteiger partial charge is 0.317 e. The number of methoxy groups -OCH3 is 1. The van der Waals surface area contributed by atoms with Gasteiger partial charge in [0.2, 0.25) is 0 Å². The van der Waals surface area contributed by atoms with E-state index in [-0.39, 0.29) is 24.3 Å². The number of rotatable bonds is 3. The first-order chi connectivity index (χ1) is 8.49. The van der Waals surface area contributed by atoms with Gasteiger partial charge in [0.05, 0.1) is 12.0 Å². The van der Waals surface area contributed by atoms with Gasteiger partial charge in [-0.3, -0.25) is 19.7 Å². The fourth-order valence-corrected chi connectivity index (χ4v) is 2.19. The van der Waals surface area contributed by atoms with Crippen LogP contribution >= 0.6 is 0 Å². The Morgan fingerprint density at radius 1 is 1.33 bits per heavy atom. The van der Waals surface area contributed by atoms with Crippen LogP contribution in [0.4, 0.5) is 5.69 Å². The molecule has 0 aliphatic heterocycles. The Labute approximate surface area is 103 Å². The Bertz CT molecular complexity index is 512. The lowest BCUT2D eigenvalue weighted by atomic mass is 9.63. The van der Waals surface area contributed by atoms with E-state index < -0.39 is 16.3 Å². The highest BCUT2D eigenvalue weighted by Gasteiger charge is 2.52. The first kappa shape index (κ1) is 12.2. The second-order valence-electron chi connectivity index (χ2n) is 4.27. The summed E-state index contributed by atoms with van der Waals surface area (Å²) in [5.41, 5.74) is -0.426. The van der Waals surface area contributed by atoms with E-state index in [2.05, 4.69) is 0 Å². The zero-order valence-corrected chi connectivity index (χ0v) is 9.71. The van der Waals surface area contributed by atoms with Crippen LogP contribution in [-0.2, 0) is 19.7 Å². The molecule has 1 fully saturated rings. The average Bonchev–Trinajstić information content (AvgIpc) is 2.34. The van der Waals surface area contributed by atoms with Gasteiger partial charge in [-0.1, -0.05) is 12.1 Å². The second kappa shape index (κ2) is 4.21. The maximum Gasteiger partial charge on any atom is 0.317 e. The van der Waals surface area contributed by atoms with Gasteiger partial charge >= 0.3 is 5.97 Å². The molecule has 0 spiro atoms. The molecule has 0 bridgehead atoms. The number of non-ortho nitro benzene ring substituents is 1. The molecule has 94 valence electrons. The Kier molecular flexibility index (Phi) is 2.86. The lowest BCUT2D eigenvalue weighted by Crippen LogP contribution is -2.48. The Morgan fingerprint density at radius 2 is 1.89 bits per heavy atom. The summed E-state index contributed by atoms with van der Waals surface area (Å²) in [7, 11) is 1.26. The fourth-order valence-electron chi connectivity index (χ4n) is 2.19. The van der Waals surface area contributed by atoms with Gasteiger partial charge < -0.3 is 4.74 Å². The number of benzene rings is 1. The van der Waals surface area contributed by atoms with Gasteiger partial charge in [-0.15, -0.1) is 0 Å². The van der Waals surface area contributed by atoms with Crippen molar-refractivity contribution in [1.29, 1.82) is 0 Å². The van der Waals surface area contributed by atoms with Crippen molar-refractivity contribution in [2.45, 2.75) is 18.3 Å². The largest absolute Gasteiger partial charge is 0.468 e. The third kappa shape index (κ3) is 1.75. The molecule has 0 atom stereocenters. The lowest BCUT2D eigenvalue weighted by molar-refractivity contribution is -0.384. The molecule has 0 aromatic heterocycles. The summed E-state index contributed by atoms with van der Waals surface area (Å²) >= 11 is 0. The number of ketones is 1. The van der Waals surface area contributed by atoms with E-state index in [1.807, 2.05) is 0 Å². The van der Waals surface area contributed by atoms with Gasteiger partial charge in [-0.25, -0.2) is 0 Å². The topological polar surface area (TPSA) is 86.5 Å². The van der Waals surface area contributed by atoms with Crippen molar-refractivity contribution in [3.05, 3.63) is 39.9 Å². The van der Waals surface area contributed by atoms with E-state index in [4.69, 9.17) is 4.74 Å². The summed E-state index contributed by atoms with van der Waals surface area (Å²) in [4.78, 5) is 33.0. The van der Waals surface area contributed by atoms with Crippen LogP contribution in [0.2, 0.25) is 0 Å². The molecule has 0 heterocycles. The molecule has 1 aliphatic carbocycles. The molecule has 0 radical (unpaired) electrons. The Balaban J connectivity index is 2.35. The number of hydrogen-bond acceptors (Lipinski definition) is 5. The third-order valence-corrected chi connectivity index (χ3v) is 3.20. The maximum atomic E-state index is 11.8. The number of carbonyl (C=O) groups excluding carboxylic acids is 2. The SMILES string of the molecule is COC(=O)C1(c2ccc([N+](=O)[O-])cc2)CC(=O)C1. The molecule has 1 aromatic carbocycles. The van der Waals surface area contributed by atoms with Crippen molar-refractivity contribution in [1.82, 2.24) is 0 Å². The summed E-state index contributed by atoms with van der Waals surface area (Å²) in [6.07, 6.45) is 0.189. The third-order valence-electron chi connectivity index (χ3n) is 3.20. The molecule has 1 saturated carbocycles. The highest BCUT2D eigenvalue weighted by molar-refractivity contribution is 6.02. The number of ether oxygens (including phenoxy) is 1. The molecule has 1 aromatic rings. The molecule has 2 rings (SSSR count). The minimum Gasteiger partial charge on any atom is -0.468 e. The average molecular weight is 249 g/mol. The zero-order valence-electron chi connectivity index (χ0n) is 9.71. The lowest BCUT2D eigenvalue weighted by Gasteiger charge is -2.37. The van der Waals surface area contributed by atoms with Crippen molar-refractivity contribution in [3.8, 4) is 0 Å². The van der Waals surface area contributed by atoms with Gasteiger partial charge in [0.25, 0.3) is 5.69 Å². The van der Waals surface area contributed by atoms with E-state index in [0.29, 0.717) is 5.56 Å². The number of nitro benzene ring substituents is 1. The number of nitro groups is 1. The predicted octanol–water partition coefficient (Wildman–Crippen LogP) is 1.37. The fraction of sp³-hybridized carbons (Fsp3) is 0.333. The van der Waals surface area contributed by atoms with Gasteiger partial charge in [0.15, 0.2) is 0 Å². The highest BCUT2D eigenvalue weighted by atomic mass is 16.6. The van der Waals surface area contributed by atoms with Crippen LogP contribution in [-0.4, -0.2) is 23.8 Å². The quantitative estimate of drug-likeness (QED) is 0.458. The molecular weight excluding hydrogens is 238 g/mol. The van der Waals surface area contributed by atoms with E-state index in [9.17, 15) is 19.7 Å². The van der Waals surface area contributed by atoms with Crippen LogP contribution in [0.15, 0.2) is 24.3 Å². The minimum absolute atomic E-state index is 0.0150. The normalized spacial score (nSPS) is 16.8. The van der Waals surface area contributed by atoms with Gasteiger partial charge in [0, 0.05) is 25.0 Å². The highest BCUT2D eigenvalue weighted by Crippen LogP contribution is 2.42. The second-order valence-corrected chi connectivity index (χ2v) is 4.27. The summed E-state index contributed by atoms with van der Waals surface area (Å²) in [6.45, 7) is 0. The summed E-state index contributed by atoms with van der Waals surface area (Å²) in [5.74, 6) is -0.491. The summed E-state index contributed by atoms with van der Waals surface area (Å²) in [6, 6.07) is 5.65. The number of hydrogen-bond donors (Lipinski definition) is 0. The van der Waals surface area contributed by atoms with Crippen LogP contribution in [0.25, 0.3) is 0 Å². The first-order valence-electron chi connectivity index (χ1n) is 5.34. The molecule has 0 N–H and O–H groups in total. The molecule has 0 saturated heterocycles. The van der Waals surface area contributed by atoms with E-state index in [1.54, 1.807) is 0 Å². The monoisotopic (exact) mass is 249 g/mol. The van der Waals surface area contributed by atoms with E-state index in [0.717, 1.165) is 0 Å². The molecule has 1 aliphatic rings. The zero-order chi connectivity index (χ0) is 13.3.